The van der Waals surface area contributed by atoms with Gasteiger partial charge in [-0.05, 0) is 31.9 Å². The van der Waals surface area contributed by atoms with Crippen molar-refractivity contribution in [3.63, 3.8) is 0 Å². The molecule has 1 N–H and O–H groups in total. The minimum atomic E-state index is 0.0155. The number of piperidine rings is 1. The van der Waals surface area contributed by atoms with Crippen LogP contribution in [-0.2, 0) is 9.53 Å². The lowest BCUT2D eigenvalue weighted by molar-refractivity contribution is -0.126. The quantitative estimate of drug-likeness (QED) is 0.861. The number of likely N-dealkylation sites (tertiary alicyclic amines) is 1. The lowest BCUT2D eigenvalue weighted by Gasteiger charge is -2.32. The van der Waals surface area contributed by atoms with E-state index in [0.29, 0.717) is 19.6 Å². The molecule has 6 nitrogen and oxygen atoms in total. The molecule has 0 spiro atoms. The number of rotatable bonds is 5. The van der Waals surface area contributed by atoms with E-state index in [0.717, 1.165) is 56.8 Å². The fourth-order valence-corrected chi connectivity index (χ4v) is 3.53. The summed E-state index contributed by atoms with van der Waals surface area (Å²) in [5.41, 5.74) is 1.87. The van der Waals surface area contributed by atoms with Gasteiger partial charge in [0.25, 0.3) is 5.91 Å². The Morgan fingerprint density at radius 2 is 1.73 bits per heavy atom. The van der Waals surface area contributed by atoms with E-state index in [1.165, 1.54) is 0 Å². The van der Waals surface area contributed by atoms with E-state index in [1.54, 1.807) is 0 Å². The minimum absolute atomic E-state index is 0.0155. The number of ether oxygens (including phenoxy) is 1. The van der Waals surface area contributed by atoms with E-state index in [9.17, 15) is 9.59 Å². The third-order valence-electron chi connectivity index (χ3n) is 5.28. The molecular formula is C20H29N3O3. The van der Waals surface area contributed by atoms with Crippen LogP contribution in [0.3, 0.4) is 0 Å². The SMILES string of the molecule is Cc1ccc(C(=O)N2CCC(C(=O)NCCN3CCOCC3)CC2)cc1. The van der Waals surface area contributed by atoms with Crippen molar-refractivity contribution < 1.29 is 14.3 Å². The number of amides is 2. The van der Waals surface area contributed by atoms with Crippen LogP contribution in [0, 0.1) is 12.8 Å². The molecule has 0 bridgehead atoms. The fourth-order valence-electron chi connectivity index (χ4n) is 3.53. The van der Waals surface area contributed by atoms with Crippen molar-refractivity contribution in [3.05, 3.63) is 35.4 Å². The van der Waals surface area contributed by atoms with E-state index in [2.05, 4.69) is 10.2 Å². The molecular weight excluding hydrogens is 330 g/mol. The van der Waals surface area contributed by atoms with Gasteiger partial charge in [0.15, 0.2) is 0 Å². The number of nitrogens with zero attached hydrogens (tertiary/aromatic N) is 2. The molecule has 0 saturated carbocycles. The maximum Gasteiger partial charge on any atom is 0.253 e. The molecule has 0 atom stereocenters. The van der Waals surface area contributed by atoms with E-state index >= 15 is 0 Å². The van der Waals surface area contributed by atoms with E-state index in [-0.39, 0.29) is 17.7 Å². The van der Waals surface area contributed by atoms with Gasteiger partial charge in [0.1, 0.15) is 0 Å². The van der Waals surface area contributed by atoms with Crippen LogP contribution in [0.1, 0.15) is 28.8 Å². The van der Waals surface area contributed by atoms with Crippen LogP contribution in [0.4, 0.5) is 0 Å². The number of morpholine rings is 1. The van der Waals surface area contributed by atoms with Crippen molar-refractivity contribution in [1.29, 1.82) is 0 Å². The number of hydrogen-bond acceptors (Lipinski definition) is 4. The number of benzene rings is 1. The van der Waals surface area contributed by atoms with Crippen molar-refractivity contribution in [3.8, 4) is 0 Å². The second-order valence-corrected chi connectivity index (χ2v) is 7.18. The number of carbonyl (C=O) groups excluding carboxylic acids is 2. The highest BCUT2D eigenvalue weighted by molar-refractivity contribution is 5.94. The zero-order valence-electron chi connectivity index (χ0n) is 15.6. The van der Waals surface area contributed by atoms with Gasteiger partial charge >= 0.3 is 0 Å². The second-order valence-electron chi connectivity index (χ2n) is 7.18. The average molecular weight is 359 g/mol. The number of aryl methyl sites for hydroxylation is 1. The monoisotopic (exact) mass is 359 g/mol. The maximum absolute atomic E-state index is 12.5. The van der Waals surface area contributed by atoms with Gasteiger partial charge in [-0.3, -0.25) is 14.5 Å². The van der Waals surface area contributed by atoms with Crippen molar-refractivity contribution in [2.75, 3.05) is 52.5 Å². The maximum atomic E-state index is 12.5. The Morgan fingerprint density at radius 3 is 2.38 bits per heavy atom. The molecule has 1 aromatic rings. The van der Waals surface area contributed by atoms with Gasteiger partial charge in [0.05, 0.1) is 13.2 Å². The van der Waals surface area contributed by atoms with Crippen LogP contribution in [0.5, 0.6) is 0 Å². The summed E-state index contributed by atoms with van der Waals surface area (Å²) in [6.07, 6.45) is 1.47. The van der Waals surface area contributed by atoms with Crippen molar-refractivity contribution in [2.24, 2.45) is 5.92 Å². The highest BCUT2D eigenvalue weighted by atomic mass is 16.5. The lowest BCUT2D eigenvalue weighted by Crippen LogP contribution is -2.45. The largest absolute Gasteiger partial charge is 0.379 e. The highest BCUT2D eigenvalue weighted by Gasteiger charge is 2.27. The first-order valence-corrected chi connectivity index (χ1v) is 9.57. The van der Waals surface area contributed by atoms with Gasteiger partial charge in [-0.15, -0.1) is 0 Å². The standard InChI is InChI=1S/C20H29N3O3/c1-16-2-4-18(5-3-16)20(25)23-9-6-17(7-10-23)19(24)21-8-11-22-12-14-26-15-13-22/h2-5,17H,6-15H2,1H3,(H,21,24). The first-order valence-electron chi connectivity index (χ1n) is 9.57. The summed E-state index contributed by atoms with van der Waals surface area (Å²) < 4.78 is 5.33. The predicted octanol–water partition coefficient (Wildman–Crippen LogP) is 1.30. The number of nitrogens with one attached hydrogen (secondary N) is 1. The molecule has 142 valence electrons. The minimum Gasteiger partial charge on any atom is -0.379 e. The van der Waals surface area contributed by atoms with Gasteiger partial charge in [0.2, 0.25) is 5.91 Å². The Kier molecular flexibility index (Phi) is 6.63. The van der Waals surface area contributed by atoms with Crippen LogP contribution in [0.15, 0.2) is 24.3 Å². The van der Waals surface area contributed by atoms with E-state index in [4.69, 9.17) is 4.74 Å². The molecule has 2 aliphatic heterocycles. The third-order valence-corrected chi connectivity index (χ3v) is 5.28. The molecule has 2 saturated heterocycles. The zero-order valence-corrected chi connectivity index (χ0v) is 15.6. The molecule has 2 aliphatic rings. The molecule has 26 heavy (non-hydrogen) atoms. The Balaban J connectivity index is 1.39. The van der Waals surface area contributed by atoms with Crippen LogP contribution in [0.2, 0.25) is 0 Å². The summed E-state index contributed by atoms with van der Waals surface area (Å²) in [7, 11) is 0. The second kappa shape index (κ2) is 9.14. The molecule has 3 rings (SSSR count). The summed E-state index contributed by atoms with van der Waals surface area (Å²) in [5, 5.41) is 3.06. The van der Waals surface area contributed by atoms with Gasteiger partial charge < -0.3 is 15.0 Å². The van der Waals surface area contributed by atoms with Crippen molar-refractivity contribution in [1.82, 2.24) is 15.1 Å². The molecule has 6 heteroatoms. The van der Waals surface area contributed by atoms with Gasteiger partial charge in [-0.25, -0.2) is 0 Å². The highest BCUT2D eigenvalue weighted by Crippen LogP contribution is 2.19. The van der Waals surface area contributed by atoms with Crippen LogP contribution in [-0.4, -0.2) is 74.1 Å². The Morgan fingerprint density at radius 1 is 1.08 bits per heavy atom. The van der Waals surface area contributed by atoms with Crippen molar-refractivity contribution >= 4 is 11.8 Å². The van der Waals surface area contributed by atoms with Crippen LogP contribution >= 0.6 is 0 Å². The van der Waals surface area contributed by atoms with Crippen molar-refractivity contribution in [2.45, 2.75) is 19.8 Å². The fraction of sp³-hybridized carbons (Fsp3) is 0.600. The first kappa shape index (κ1) is 18.9. The topological polar surface area (TPSA) is 61.9 Å². The number of carbonyl (C=O) groups is 2. The van der Waals surface area contributed by atoms with Gasteiger partial charge in [0, 0.05) is 50.7 Å². The Labute approximate surface area is 155 Å². The molecule has 1 aromatic carbocycles. The van der Waals surface area contributed by atoms with Crippen LogP contribution < -0.4 is 5.32 Å². The summed E-state index contributed by atoms with van der Waals surface area (Å²) in [4.78, 5) is 29.1. The van der Waals surface area contributed by atoms with Gasteiger partial charge in [-0.2, -0.15) is 0 Å². The summed E-state index contributed by atoms with van der Waals surface area (Å²) in [6.45, 7) is 8.30. The normalized spacial score (nSPS) is 19.3. The molecule has 0 unspecified atom stereocenters. The summed E-state index contributed by atoms with van der Waals surface area (Å²) in [5.74, 6) is 0.207. The average Bonchev–Trinajstić information content (AvgIpc) is 2.69. The Hall–Kier alpha value is -1.92. The van der Waals surface area contributed by atoms with Gasteiger partial charge in [-0.1, -0.05) is 17.7 Å². The summed E-state index contributed by atoms with van der Waals surface area (Å²) >= 11 is 0. The first-order chi connectivity index (χ1) is 12.6. The van der Waals surface area contributed by atoms with E-state index < -0.39 is 0 Å². The zero-order chi connectivity index (χ0) is 18.4. The number of hydrogen-bond donors (Lipinski definition) is 1. The predicted molar refractivity (Wildman–Crippen MR) is 100 cm³/mol. The lowest BCUT2D eigenvalue weighted by atomic mass is 9.95. The molecule has 0 aromatic heterocycles. The Bertz CT molecular complexity index is 603. The molecule has 2 fully saturated rings. The smallest absolute Gasteiger partial charge is 0.253 e. The summed E-state index contributed by atoms with van der Waals surface area (Å²) in [6, 6.07) is 7.67. The third kappa shape index (κ3) is 5.05. The molecule has 2 heterocycles. The molecule has 2 amide bonds. The molecule has 0 radical (unpaired) electrons. The van der Waals surface area contributed by atoms with Crippen LogP contribution in [0.25, 0.3) is 0 Å². The molecule has 0 aliphatic carbocycles. The van der Waals surface area contributed by atoms with E-state index in [1.807, 2.05) is 36.1 Å².